The number of pyridine rings is 1. The number of hydrogen-bond donors (Lipinski definition) is 1. The van der Waals surface area contributed by atoms with Crippen LogP contribution in [0.4, 0.5) is 0 Å². The maximum atomic E-state index is 3.41. The van der Waals surface area contributed by atoms with E-state index < -0.39 is 0 Å². The van der Waals surface area contributed by atoms with Gasteiger partial charge in [-0.25, -0.2) is 0 Å². The van der Waals surface area contributed by atoms with Crippen LogP contribution in [-0.2, 0) is 6.42 Å². The molecule has 3 aliphatic rings. The monoisotopic (exact) mass is 309 g/mol. The van der Waals surface area contributed by atoms with Crippen molar-refractivity contribution in [3.05, 3.63) is 95.7 Å². The predicted octanol–water partition coefficient (Wildman–Crippen LogP) is 5.86. The smallest absolute Gasteiger partial charge is 0.0485 e. The van der Waals surface area contributed by atoms with Gasteiger partial charge in [0.15, 0.2) is 0 Å². The van der Waals surface area contributed by atoms with Gasteiger partial charge in [0.25, 0.3) is 0 Å². The fourth-order valence-electron chi connectivity index (χ4n) is 4.22. The van der Waals surface area contributed by atoms with E-state index >= 15 is 0 Å². The van der Waals surface area contributed by atoms with E-state index in [1.807, 2.05) is 6.20 Å². The standard InChI is InChI=1S/C23H19N/c1-3-9-20-18(7-1)19-8-2-4-10-21(19)22(20)14-13-17-12-11-16-6-5-15-24-23(16)17/h1-12,15,22,24H,13-14H2. The average molecular weight is 309 g/mol. The summed E-state index contributed by atoms with van der Waals surface area (Å²) in [5.74, 6) is 0.506. The lowest BCUT2D eigenvalue weighted by Crippen LogP contribution is -1.99. The summed E-state index contributed by atoms with van der Waals surface area (Å²) in [6, 6.07) is 26.5. The van der Waals surface area contributed by atoms with Crippen LogP contribution < -0.4 is 0 Å². The topological polar surface area (TPSA) is 15.8 Å². The first-order valence-electron chi connectivity index (χ1n) is 8.65. The van der Waals surface area contributed by atoms with Gasteiger partial charge in [-0.15, -0.1) is 0 Å². The van der Waals surface area contributed by atoms with Crippen molar-refractivity contribution in [3.8, 4) is 22.4 Å². The summed E-state index contributed by atoms with van der Waals surface area (Å²) in [5, 5.41) is 0. The molecule has 116 valence electrons. The number of rotatable bonds is 3. The molecule has 0 saturated heterocycles. The Morgan fingerprint density at radius 3 is 2.17 bits per heavy atom. The van der Waals surface area contributed by atoms with Gasteiger partial charge in [-0.05, 0) is 52.3 Å². The van der Waals surface area contributed by atoms with Crippen LogP contribution in [0.2, 0.25) is 0 Å². The molecule has 1 aliphatic heterocycles. The van der Waals surface area contributed by atoms with E-state index in [9.17, 15) is 0 Å². The molecule has 1 heteroatoms. The Balaban J connectivity index is 1.49. The maximum absolute atomic E-state index is 3.41. The Hall–Kier alpha value is -2.80. The zero-order valence-corrected chi connectivity index (χ0v) is 13.5. The molecule has 0 aromatic heterocycles. The highest BCUT2D eigenvalue weighted by Crippen LogP contribution is 2.46. The molecule has 0 saturated carbocycles. The number of fused-ring (bicyclic) bond motifs is 4. The Labute approximate surface area is 142 Å². The first-order chi connectivity index (χ1) is 11.9. The van der Waals surface area contributed by atoms with Crippen LogP contribution in [0.5, 0.6) is 0 Å². The van der Waals surface area contributed by atoms with Gasteiger partial charge in [-0.2, -0.15) is 0 Å². The van der Waals surface area contributed by atoms with Crippen LogP contribution in [0, 0.1) is 0 Å². The van der Waals surface area contributed by atoms with Crippen LogP contribution in [0.15, 0.2) is 79.0 Å². The zero-order chi connectivity index (χ0) is 15.9. The van der Waals surface area contributed by atoms with Crippen molar-refractivity contribution in [2.45, 2.75) is 18.8 Å². The van der Waals surface area contributed by atoms with Gasteiger partial charge < -0.3 is 4.98 Å². The number of aromatic nitrogens is 1. The lowest BCUT2D eigenvalue weighted by Gasteiger charge is -2.14. The van der Waals surface area contributed by atoms with E-state index in [0.717, 1.165) is 12.8 Å². The minimum Gasteiger partial charge on any atom is -0.361 e. The van der Waals surface area contributed by atoms with Gasteiger partial charge >= 0.3 is 0 Å². The summed E-state index contributed by atoms with van der Waals surface area (Å²) >= 11 is 0. The molecule has 1 N–H and O–H groups in total. The van der Waals surface area contributed by atoms with Gasteiger partial charge in [-0.1, -0.05) is 66.7 Å². The number of aryl methyl sites for hydroxylation is 1. The fourth-order valence-corrected chi connectivity index (χ4v) is 4.22. The molecule has 1 heterocycles. The normalized spacial score (nSPS) is 13.2. The van der Waals surface area contributed by atoms with Gasteiger partial charge in [0.05, 0.1) is 0 Å². The van der Waals surface area contributed by atoms with Gasteiger partial charge in [0.1, 0.15) is 0 Å². The molecule has 0 radical (unpaired) electrons. The molecule has 5 rings (SSSR count). The Kier molecular flexibility index (Phi) is 3.05. The maximum Gasteiger partial charge on any atom is 0.0485 e. The van der Waals surface area contributed by atoms with Gasteiger partial charge in [0, 0.05) is 17.8 Å². The fraction of sp³-hybridized carbons (Fsp3) is 0.130. The number of aromatic amines is 1. The van der Waals surface area contributed by atoms with E-state index in [2.05, 4.69) is 77.8 Å². The second kappa shape index (κ2) is 5.38. The molecule has 0 bridgehead atoms. The number of H-pyrrole nitrogens is 1. The van der Waals surface area contributed by atoms with Crippen molar-refractivity contribution >= 4 is 0 Å². The molecule has 0 fully saturated rings. The summed E-state index contributed by atoms with van der Waals surface area (Å²) in [6.45, 7) is 0. The average Bonchev–Trinajstić information content (AvgIpc) is 3.19. The van der Waals surface area contributed by atoms with E-state index in [0.29, 0.717) is 5.92 Å². The molecule has 2 aromatic carbocycles. The molecular formula is C23H19N. The quantitative estimate of drug-likeness (QED) is 0.487. The molecule has 0 unspecified atom stereocenters. The lowest BCUT2D eigenvalue weighted by atomic mass is 9.90. The van der Waals surface area contributed by atoms with E-state index in [-0.39, 0.29) is 0 Å². The largest absolute Gasteiger partial charge is 0.361 e. The minimum atomic E-state index is 0.506. The zero-order valence-electron chi connectivity index (χ0n) is 13.5. The highest BCUT2D eigenvalue weighted by Gasteiger charge is 2.27. The summed E-state index contributed by atoms with van der Waals surface area (Å²) in [4.78, 5) is 3.41. The van der Waals surface area contributed by atoms with E-state index in [1.54, 1.807) is 0 Å². The third-order valence-electron chi connectivity index (χ3n) is 5.34. The second-order valence-corrected chi connectivity index (χ2v) is 6.62. The van der Waals surface area contributed by atoms with Crippen molar-refractivity contribution < 1.29 is 0 Å². The number of nitrogens with one attached hydrogen (secondary N) is 1. The summed E-state index contributed by atoms with van der Waals surface area (Å²) in [6.07, 6.45) is 4.26. The number of hydrogen-bond acceptors (Lipinski definition) is 0. The second-order valence-electron chi connectivity index (χ2n) is 6.62. The molecule has 1 nitrogen and oxygen atoms in total. The minimum absolute atomic E-state index is 0.506. The predicted molar refractivity (Wildman–Crippen MR) is 99.5 cm³/mol. The molecule has 0 spiro atoms. The summed E-state index contributed by atoms with van der Waals surface area (Å²) in [5.41, 5.74) is 9.82. The van der Waals surface area contributed by atoms with Crippen molar-refractivity contribution in [1.82, 2.24) is 4.98 Å². The molecule has 24 heavy (non-hydrogen) atoms. The van der Waals surface area contributed by atoms with E-state index in [1.165, 1.54) is 39.1 Å². The van der Waals surface area contributed by atoms with Crippen molar-refractivity contribution in [2.75, 3.05) is 0 Å². The van der Waals surface area contributed by atoms with Gasteiger partial charge in [0.2, 0.25) is 0 Å². The molecule has 0 atom stereocenters. The van der Waals surface area contributed by atoms with Crippen molar-refractivity contribution in [1.29, 1.82) is 0 Å². The Morgan fingerprint density at radius 1 is 0.708 bits per heavy atom. The molecular weight excluding hydrogens is 290 g/mol. The van der Waals surface area contributed by atoms with Crippen LogP contribution in [0.1, 0.15) is 29.0 Å². The molecule has 0 amide bonds. The van der Waals surface area contributed by atoms with Crippen molar-refractivity contribution in [3.63, 3.8) is 0 Å². The highest BCUT2D eigenvalue weighted by atomic mass is 14.7. The lowest BCUT2D eigenvalue weighted by molar-refractivity contribution is 0.730. The van der Waals surface area contributed by atoms with Gasteiger partial charge in [-0.3, -0.25) is 0 Å². The van der Waals surface area contributed by atoms with E-state index in [4.69, 9.17) is 0 Å². The van der Waals surface area contributed by atoms with Crippen molar-refractivity contribution in [2.24, 2.45) is 0 Å². The highest BCUT2D eigenvalue weighted by molar-refractivity contribution is 5.78. The van der Waals surface area contributed by atoms with Crippen LogP contribution in [0.25, 0.3) is 22.4 Å². The first kappa shape index (κ1) is 13.6. The summed E-state index contributed by atoms with van der Waals surface area (Å²) < 4.78 is 0. The molecule has 2 aliphatic carbocycles. The van der Waals surface area contributed by atoms with Crippen LogP contribution in [-0.4, -0.2) is 4.98 Å². The molecule has 2 aromatic rings. The first-order valence-corrected chi connectivity index (χ1v) is 8.65. The van der Waals surface area contributed by atoms with Crippen LogP contribution >= 0.6 is 0 Å². The third-order valence-corrected chi connectivity index (χ3v) is 5.34. The Morgan fingerprint density at radius 2 is 1.42 bits per heavy atom. The third kappa shape index (κ3) is 2.01. The van der Waals surface area contributed by atoms with Crippen LogP contribution in [0.3, 0.4) is 0 Å². The Bertz CT molecular complexity index is 933. The summed E-state index contributed by atoms with van der Waals surface area (Å²) in [7, 11) is 0. The number of benzene rings is 2. The SMILES string of the molecule is c1c[nH]c2c(CCC3c4ccccc4-c4ccccc43)ccc-2c1.